The first-order chi connectivity index (χ1) is 15.2. The summed E-state index contributed by atoms with van der Waals surface area (Å²) in [6, 6.07) is 15.6. The monoisotopic (exact) mass is 437 g/mol. The normalized spacial score (nSPS) is 13.6. The van der Waals surface area contributed by atoms with E-state index in [0.717, 1.165) is 41.6 Å². The third kappa shape index (κ3) is 7.11. The zero-order valence-corrected chi connectivity index (χ0v) is 18.9. The molecule has 0 atom stereocenters. The Bertz CT molecular complexity index is 960. The molecule has 2 aromatic rings. The molecule has 0 radical (unpaired) electrons. The number of hydrogen-bond acceptors (Lipinski definition) is 4. The van der Waals surface area contributed by atoms with Gasteiger partial charge in [0.1, 0.15) is 12.1 Å². The molecule has 1 saturated carbocycles. The number of nitrogens with one attached hydrogen (secondary N) is 3. The molecule has 1 fully saturated rings. The standard InChI is InChI=1S/C25H31N3O4/c1-25(2,3)32-24(31)27-16-22(29)26-15-17-6-4-9-20(14-17)18-10-12-21(13-11-18)28-23(30)19-7-5-8-19/h4,6,9-14,19H,5,7-8,15-16H2,1-3H3,(H,26,29)(H,27,31)(H,28,30). The van der Waals surface area contributed by atoms with E-state index in [2.05, 4.69) is 16.0 Å². The Morgan fingerprint density at radius 3 is 2.31 bits per heavy atom. The van der Waals surface area contributed by atoms with Crippen LogP contribution in [0.4, 0.5) is 10.5 Å². The van der Waals surface area contributed by atoms with E-state index in [4.69, 9.17) is 4.74 Å². The molecule has 1 aliphatic carbocycles. The van der Waals surface area contributed by atoms with Gasteiger partial charge in [-0.25, -0.2) is 4.79 Å². The van der Waals surface area contributed by atoms with Crippen molar-refractivity contribution in [1.29, 1.82) is 0 Å². The van der Waals surface area contributed by atoms with Gasteiger partial charge in [-0.3, -0.25) is 9.59 Å². The Kier molecular flexibility index (Phi) is 7.51. The summed E-state index contributed by atoms with van der Waals surface area (Å²) >= 11 is 0. The summed E-state index contributed by atoms with van der Waals surface area (Å²) in [6.45, 7) is 5.48. The lowest BCUT2D eigenvalue weighted by Gasteiger charge is -2.24. The van der Waals surface area contributed by atoms with Crippen molar-refractivity contribution < 1.29 is 19.1 Å². The van der Waals surface area contributed by atoms with Crippen molar-refractivity contribution in [2.75, 3.05) is 11.9 Å². The first-order valence-electron chi connectivity index (χ1n) is 10.9. The number of hydrogen-bond donors (Lipinski definition) is 3. The van der Waals surface area contributed by atoms with Crippen LogP contribution in [0.2, 0.25) is 0 Å². The maximum absolute atomic E-state index is 12.1. The number of amides is 3. The largest absolute Gasteiger partial charge is 0.444 e. The second-order valence-corrected chi connectivity index (χ2v) is 9.03. The van der Waals surface area contributed by atoms with Crippen molar-refractivity contribution in [3.8, 4) is 11.1 Å². The molecule has 170 valence electrons. The van der Waals surface area contributed by atoms with Crippen molar-refractivity contribution in [2.24, 2.45) is 5.92 Å². The molecule has 3 N–H and O–H groups in total. The minimum atomic E-state index is -0.623. The van der Waals surface area contributed by atoms with Gasteiger partial charge in [-0.05, 0) is 68.5 Å². The van der Waals surface area contributed by atoms with Crippen LogP contribution in [0.1, 0.15) is 45.6 Å². The fourth-order valence-electron chi connectivity index (χ4n) is 3.25. The molecule has 0 spiro atoms. The van der Waals surface area contributed by atoms with E-state index in [9.17, 15) is 14.4 Å². The fourth-order valence-corrected chi connectivity index (χ4v) is 3.25. The summed E-state index contributed by atoms with van der Waals surface area (Å²) in [5.41, 5.74) is 3.16. The summed E-state index contributed by atoms with van der Waals surface area (Å²) in [7, 11) is 0. The zero-order valence-electron chi connectivity index (χ0n) is 18.9. The highest BCUT2D eigenvalue weighted by molar-refractivity contribution is 5.93. The third-order valence-corrected chi connectivity index (χ3v) is 5.17. The molecule has 2 aromatic carbocycles. The van der Waals surface area contributed by atoms with Crippen molar-refractivity contribution in [1.82, 2.24) is 10.6 Å². The van der Waals surface area contributed by atoms with Gasteiger partial charge >= 0.3 is 6.09 Å². The average Bonchev–Trinajstić information content (AvgIpc) is 2.69. The summed E-state index contributed by atoms with van der Waals surface area (Å²) in [6.07, 6.45) is 2.46. The van der Waals surface area contributed by atoms with Gasteiger partial charge in [-0.15, -0.1) is 0 Å². The second-order valence-electron chi connectivity index (χ2n) is 9.03. The van der Waals surface area contributed by atoms with Crippen LogP contribution in [0.5, 0.6) is 0 Å². The van der Waals surface area contributed by atoms with Crippen LogP contribution in [0.3, 0.4) is 0 Å². The minimum Gasteiger partial charge on any atom is -0.444 e. The number of anilines is 1. The first kappa shape index (κ1) is 23.3. The second kappa shape index (κ2) is 10.3. The van der Waals surface area contributed by atoms with Crippen LogP contribution in [-0.4, -0.2) is 30.1 Å². The smallest absolute Gasteiger partial charge is 0.408 e. The van der Waals surface area contributed by atoms with Crippen LogP contribution in [0.25, 0.3) is 11.1 Å². The molecule has 0 heterocycles. The molecular weight excluding hydrogens is 406 g/mol. The van der Waals surface area contributed by atoms with Crippen molar-refractivity contribution in [3.05, 3.63) is 54.1 Å². The average molecular weight is 438 g/mol. The van der Waals surface area contributed by atoms with Gasteiger partial charge in [-0.2, -0.15) is 0 Å². The van der Waals surface area contributed by atoms with E-state index >= 15 is 0 Å². The lowest BCUT2D eigenvalue weighted by atomic mass is 9.85. The highest BCUT2D eigenvalue weighted by atomic mass is 16.6. The molecule has 1 aliphatic rings. The van der Waals surface area contributed by atoms with Gasteiger partial charge in [0.15, 0.2) is 0 Å². The van der Waals surface area contributed by atoms with Crippen LogP contribution >= 0.6 is 0 Å². The van der Waals surface area contributed by atoms with E-state index in [1.165, 1.54) is 0 Å². The maximum atomic E-state index is 12.1. The van der Waals surface area contributed by atoms with E-state index in [1.54, 1.807) is 20.8 Å². The number of carbonyl (C=O) groups excluding carboxylic acids is 3. The number of ether oxygens (including phenoxy) is 1. The molecule has 0 unspecified atom stereocenters. The van der Waals surface area contributed by atoms with Gasteiger partial charge in [0.25, 0.3) is 0 Å². The van der Waals surface area contributed by atoms with Gasteiger partial charge in [0.05, 0.1) is 0 Å². The van der Waals surface area contributed by atoms with Crippen LogP contribution in [0.15, 0.2) is 48.5 Å². The lowest BCUT2D eigenvalue weighted by Crippen LogP contribution is -2.39. The minimum absolute atomic E-state index is 0.0999. The summed E-state index contributed by atoms with van der Waals surface area (Å²) in [5, 5.41) is 8.21. The number of alkyl carbamates (subject to hydrolysis) is 1. The SMILES string of the molecule is CC(C)(C)OC(=O)NCC(=O)NCc1cccc(-c2ccc(NC(=O)C3CCC3)cc2)c1. The van der Waals surface area contributed by atoms with Crippen molar-refractivity contribution >= 4 is 23.6 Å². The molecule has 0 aliphatic heterocycles. The Morgan fingerprint density at radius 1 is 0.969 bits per heavy atom. The first-order valence-corrected chi connectivity index (χ1v) is 10.9. The Labute approximate surface area is 188 Å². The van der Waals surface area contributed by atoms with Crippen LogP contribution < -0.4 is 16.0 Å². The Balaban J connectivity index is 1.50. The van der Waals surface area contributed by atoms with Crippen LogP contribution in [-0.2, 0) is 20.9 Å². The molecule has 0 saturated heterocycles. The molecule has 32 heavy (non-hydrogen) atoms. The summed E-state index contributed by atoms with van der Waals surface area (Å²) in [5.74, 6) is -0.0448. The lowest BCUT2D eigenvalue weighted by molar-refractivity contribution is -0.122. The molecule has 0 bridgehead atoms. The Morgan fingerprint density at radius 2 is 1.69 bits per heavy atom. The van der Waals surface area contributed by atoms with Gasteiger partial charge in [0.2, 0.25) is 11.8 Å². The van der Waals surface area contributed by atoms with Gasteiger partial charge in [-0.1, -0.05) is 36.8 Å². The molecule has 3 amide bonds. The Hall–Kier alpha value is -3.35. The predicted octanol–water partition coefficient (Wildman–Crippen LogP) is 4.23. The van der Waals surface area contributed by atoms with Crippen molar-refractivity contribution in [3.63, 3.8) is 0 Å². The number of rotatable bonds is 7. The third-order valence-electron chi connectivity index (χ3n) is 5.17. The highest BCUT2D eigenvalue weighted by Gasteiger charge is 2.25. The molecule has 0 aromatic heterocycles. The van der Waals surface area contributed by atoms with Gasteiger partial charge in [0, 0.05) is 18.2 Å². The molecular formula is C25H31N3O4. The van der Waals surface area contributed by atoms with Crippen LogP contribution in [0, 0.1) is 5.92 Å². The summed E-state index contributed by atoms with van der Waals surface area (Å²) in [4.78, 5) is 35.8. The number of carbonyl (C=O) groups is 3. The molecule has 3 rings (SSSR count). The number of benzene rings is 2. The van der Waals surface area contributed by atoms with E-state index in [-0.39, 0.29) is 24.3 Å². The quantitative estimate of drug-likeness (QED) is 0.604. The van der Waals surface area contributed by atoms with E-state index in [0.29, 0.717) is 6.54 Å². The van der Waals surface area contributed by atoms with Crippen molar-refractivity contribution in [2.45, 2.75) is 52.2 Å². The zero-order chi connectivity index (χ0) is 23.1. The summed E-state index contributed by atoms with van der Waals surface area (Å²) < 4.78 is 5.11. The molecule has 7 nitrogen and oxygen atoms in total. The van der Waals surface area contributed by atoms with Gasteiger partial charge < -0.3 is 20.7 Å². The highest BCUT2D eigenvalue weighted by Crippen LogP contribution is 2.28. The topological polar surface area (TPSA) is 96.5 Å². The maximum Gasteiger partial charge on any atom is 0.408 e. The predicted molar refractivity (Wildman–Crippen MR) is 124 cm³/mol. The van der Waals surface area contributed by atoms with E-state index < -0.39 is 11.7 Å². The fraction of sp³-hybridized carbons (Fsp3) is 0.400. The van der Waals surface area contributed by atoms with E-state index in [1.807, 2.05) is 48.5 Å². The molecule has 7 heteroatoms.